The minimum atomic E-state index is 0.563. The number of hydrogen-bond donors (Lipinski definition) is 1. The second-order valence-electron chi connectivity index (χ2n) is 4.34. The molecule has 0 aliphatic rings. The van der Waals surface area contributed by atoms with Crippen molar-refractivity contribution in [3.63, 3.8) is 0 Å². The largest absolute Gasteiger partial charge is 0.326 e. The lowest BCUT2D eigenvalue weighted by Crippen LogP contribution is -1.94. The van der Waals surface area contributed by atoms with E-state index in [0.717, 1.165) is 16.1 Å². The van der Waals surface area contributed by atoms with Crippen LogP contribution in [0, 0.1) is 6.92 Å². The van der Waals surface area contributed by atoms with Gasteiger partial charge in [0.05, 0.1) is 10.2 Å². The summed E-state index contributed by atoms with van der Waals surface area (Å²) in [6.45, 7) is 2.68. The van der Waals surface area contributed by atoms with Crippen LogP contribution < -0.4 is 5.73 Å². The molecule has 0 saturated carbocycles. The number of aryl methyl sites for hydroxylation is 1. The van der Waals surface area contributed by atoms with Gasteiger partial charge < -0.3 is 5.73 Å². The summed E-state index contributed by atoms with van der Waals surface area (Å²) in [6, 6.07) is 14.6. The van der Waals surface area contributed by atoms with Gasteiger partial charge in [-0.05, 0) is 30.2 Å². The van der Waals surface area contributed by atoms with E-state index in [-0.39, 0.29) is 0 Å². The van der Waals surface area contributed by atoms with Crippen molar-refractivity contribution in [2.75, 3.05) is 0 Å². The number of hydrogen-bond acceptors (Lipinski definition) is 3. The smallest absolute Gasteiger partial charge is 0.124 e. The molecule has 0 radical (unpaired) electrons. The van der Waals surface area contributed by atoms with E-state index in [1.54, 1.807) is 11.3 Å². The molecule has 1 aromatic heterocycles. The number of nitrogens with zero attached hydrogens (tertiary/aromatic N) is 1. The Morgan fingerprint density at radius 3 is 2.78 bits per heavy atom. The van der Waals surface area contributed by atoms with Crippen molar-refractivity contribution in [2.45, 2.75) is 13.5 Å². The molecule has 0 aliphatic carbocycles. The first-order valence-corrected chi connectivity index (χ1v) is 6.75. The van der Waals surface area contributed by atoms with Crippen LogP contribution in [0.5, 0.6) is 0 Å². The highest BCUT2D eigenvalue weighted by Crippen LogP contribution is 2.32. The van der Waals surface area contributed by atoms with E-state index in [4.69, 9.17) is 10.7 Å². The van der Waals surface area contributed by atoms with Crippen LogP contribution in [0.4, 0.5) is 0 Å². The summed E-state index contributed by atoms with van der Waals surface area (Å²) in [7, 11) is 0. The Bertz CT molecular complexity index is 701. The average molecular weight is 254 g/mol. The Labute approximate surface area is 110 Å². The number of thiazole rings is 1. The van der Waals surface area contributed by atoms with Crippen molar-refractivity contribution >= 4 is 21.6 Å². The highest BCUT2D eigenvalue weighted by Gasteiger charge is 2.08. The van der Waals surface area contributed by atoms with Crippen molar-refractivity contribution in [2.24, 2.45) is 5.73 Å². The molecule has 2 N–H and O–H groups in total. The third-order valence-corrected chi connectivity index (χ3v) is 4.13. The van der Waals surface area contributed by atoms with Gasteiger partial charge in [-0.3, -0.25) is 0 Å². The molecule has 3 rings (SSSR count). The zero-order valence-electron chi connectivity index (χ0n) is 10.2. The maximum Gasteiger partial charge on any atom is 0.124 e. The van der Waals surface area contributed by atoms with E-state index >= 15 is 0 Å². The van der Waals surface area contributed by atoms with Crippen molar-refractivity contribution in [3.05, 3.63) is 53.6 Å². The second-order valence-corrected chi connectivity index (χ2v) is 5.37. The number of benzene rings is 2. The SMILES string of the molecule is Cc1ccccc1-c1nc2cc(CN)ccc2s1. The first-order chi connectivity index (χ1) is 8.78. The van der Waals surface area contributed by atoms with Gasteiger partial charge in [0.25, 0.3) is 0 Å². The molecule has 90 valence electrons. The van der Waals surface area contributed by atoms with Crippen LogP contribution in [-0.2, 0) is 6.54 Å². The van der Waals surface area contributed by atoms with Crippen LogP contribution in [0.1, 0.15) is 11.1 Å². The number of rotatable bonds is 2. The number of nitrogens with two attached hydrogens (primary N) is 1. The van der Waals surface area contributed by atoms with Gasteiger partial charge in [0.15, 0.2) is 0 Å². The second kappa shape index (κ2) is 4.52. The summed E-state index contributed by atoms with van der Waals surface area (Å²) < 4.78 is 1.21. The lowest BCUT2D eigenvalue weighted by Gasteiger charge is -1.99. The fourth-order valence-electron chi connectivity index (χ4n) is 2.03. The van der Waals surface area contributed by atoms with Crippen molar-refractivity contribution in [3.8, 4) is 10.6 Å². The van der Waals surface area contributed by atoms with Crippen LogP contribution >= 0.6 is 11.3 Å². The molecule has 0 unspecified atom stereocenters. The molecule has 3 aromatic rings. The maximum atomic E-state index is 5.66. The van der Waals surface area contributed by atoms with E-state index < -0.39 is 0 Å². The van der Waals surface area contributed by atoms with Gasteiger partial charge in [-0.2, -0.15) is 0 Å². The molecule has 0 saturated heterocycles. The lowest BCUT2D eigenvalue weighted by molar-refractivity contribution is 1.07. The molecule has 0 amide bonds. The monoisotopic (exact) mass is 254 g/mol. The molecular formula is C15H14N2S. The standard InChI is InChI=1S/C15H14N2S/c1-10-4-2-3-5-12(10)15-17-13-8-11(9-16)6-7-14(13)18-15/h2-8H,9,16H2,1H3. The predicted molar refractivity (Wildman–Crippen MR) is 77.7 cm³/mol. The van der Waals surface area contributed by atoms with Crippen LogP contribution in [-0.4, -0.2) is 4.98 Å². The molecule has 18 heavy (non-hydrogen) atoms. The van der Waals surface area contributed by atoms with Crippen LogP contribution in [0.2, 0.25) is 0 Å². The molecule has 1 heterocycles. The van der Waals surface area contributed by atoms with Crippen LogP contribution in [0.15, 0.2) is 42.5 Å². The van der Waals surface area contributed by atoms with Crippen molar-refractivity contribution < 1.29 is 0 Å². The van der Waals surface area contributed by atoms with Crippen molar-refractivity contribution in [1.82, 2.24) is 4.98 Å². The van der Waals surface area contributed by atoms with Gasteiger partial charge in [-0.1, -0.05) is 30.3 Å². The summed E-state index contributed by atoms with van der Waals surface area (Å²) >= 11 is 1.73. The summed E-state index contributed by atoms with van der Waals surface area (Å²) in [5.74, 6) is 0. The summed E-state index contributed by atoms with van der Waals surface area (Å²) in [5.41, 5.74) is 10.3. The molecule has 0 atom stereocenters. The Morgan fingerprint density at radius 1 is 1.17 bits per heavy atom. The number of aromatic nitrogens is 1. The van der Waals surface area contributed by atoms with E-state index in [1.165, 1.54) is 15.8 Å². The zero-order valence-corrected chi connectivity index (χ0v) is 11.0. The van der Waals surface area contributed by atoms with Gasteiger partial charge in [0.1, 0.15) is 5.01 Å². The third-order valence-electron chi connectivity index (χ3n) is 3.06. The average Bonchev–Trinajstić information content (AvgIpc) is 2.81. The zero-order chi connectivity index (χ0) is 12.5. The van der Waals surface area contributed by atoms with Gasteiger partial charge in [-0.25, -0.2) is 4.98 Å². The molecule has 0 bridgehead atoms. The Hall–Kier alpha value is -1.71. The summed E-state index contributed by atoms with van der Waals surface area (Å²) in [4.78, 5) is 4.72. The van der Waals surface area contributed by atoms with E-state index in [0.29, 0.717) is 6.54 Å². The fraction of sp³-hybridized carbons (Fsp3) is 0.133. The minimum Gasteiger partial charge on any atom is -0.326 e. The van der Waals surface area contributed by atoms with Gasteiger partial charge in [-0.15, -0.1) is 11.3 Å². The summed E-state index contributed by atoms with van der Waals surface area (Å²) in [5, 5.41) is 1.08. The van der Waals surface area contributed by atoms with Crippen molar-refractivity contribution in [1.29, 1.82) is 0 Å². The quantitative estimate of drug-likeness (QED) is 0.756. The molecule has 0 fully saturated rings. The molecular weight excluding hydrogens is 240 g/mol. The predicted octanol–water partition coefficient (Wildman–Crippen LogP) is 3.73. The maximum absolute atomic E-state index is 5.66. The van der Waals surface area contributed by atoms with Gasteiger partial charge >= 0.3 is 0 Å². The molecule has 2 aromatic carbocycles. The topological polar surface area (TPSA) is 38.9 Å². The van der Waals surface area contributed by atoms with E-state index in [9.17, 15) is 0 Å². The Kier molecular flexibility index (Phi) is 2.86. The Morgan fingerprint density at radius 2 is 2.00 bits per heavy atom. The van der Waals surface area contributed by atoms with Gasteiger partial charge in [0, 0.05) is 12.1 Å². The first kappa shape index (κ1) is 11.4. The highest BCUT2D eigenvalue weighted by atomic mass is 32.1. The molecule has 2 nitrogen and oxygen atoms in total. The van der Waals surface area contributed by atoms with Crippen LogP contribution in [0.25, 0.3) is 20.8 Å². The molecule has 3 heteroatoms. The minimum absolute atomic E-state index is 0.563. The van der Waals surface area contributed by atoms with E-state index in [1.807, 2.05) is 0 Å². The number of fused-ring (bicyclic) bond motifs is 1. The summed E-state index contributed by atoms with van der Waals surface area (Å²) in [6.07, 6.45) is 0. The molecule has 0 aliphatic heterocycles. The first-order valence-electron chi connectivity index (χ1n) is 5.93. The lowest BCUT2D eigenvalue weighted by atomic mass is 10.1. The fourth-order valence-corrected chi connectivity index (χ4v) is 3.06. The third kappa shape index (κ3) is 1.92. The Balaban J connectivity index is 2.17. The highest BCUT2D eigenvalue weighted by molar-refractivity contribution is 7.21. The van der Waals surface area contributed by atoms with Crippen LogP contribution in [0.3, 0.4) is 0 Å². The molecule has 0 spiro atoms. The van der Waals surface area contributed by atoms with Gasteiger partial charge in [0.2, 0.25) is 0 Å². The van der Waals surface area contributed by atoms with E-state index in [2.05, 4.69) is 49.4 Å². The normalized spacial score (nSPS) is 11.0.